The maximum absolute atomic E-state index is 14.0. The smallest absolute Gasteiger partial charge is 0.253 e. The second-order valence-electron chi connectivity index (χ2n) is 15.8. The highest BCUT2D eigenvalue weighted by Gasteiger charge is 2.36. The summed E-state index contributed by atoms with van der Waals surface area (Å²) in [4.78, 5) is 46.3. The van der Waals surface area contributed by atoms with Gasteiger partial charge < -0.3 is 29.3 Å². The van der Waals surface area contributed by atoms with Crippen LogP contribution < -0.4 is 29.9 Å². The number of rotatable bonds is 4. The molecule has 6 aliphatic heterocycles. The van der Waals surface area contributed by atoms with Crippen LogP contribution in [0.2, 0.25) is 0 Å². The summed E-state index contributed by atoms with van der Waals surface area (Å²) in [6.45, 7) is 7.71. The number of aromatic carboxylic acids is 1. The van der Waals surface area contributed by atoms with E-state index >= 15 is 0 Å². The van der Waals surface area contributed by atoms with Crippen molar-refractivity contribution in [3.05, 3.63) is 121 Å². The highest BCUT2D eigenvalue weighted by atomic mass is 16.5. The Morgan fingerprint density at radius 3 is 2.06 bits per heavy atom. The number of anilines is 1. The minimum absolute atomic E-state index is 0.00353. The van der Waals surface area contributed by atoms with E-state index in [-0.39, 0.29) is 17.4 Å². The van der Waals surface area contributed by atoms with Crippen LogP contribution in [-0.4, -0.2) is 79.9 Å². The fraction of sp³-hybridized carbons (Fsp3) is 0.378. The standard InChI is InChI=1S/C45H44N4O5/c1-27-10-12-28(13-11-27)43(50)48-20-22-49(23-21-48)44(51)31-14-15-32(35(26-31)45(52)53)38-36-24-29-6-2-16-46-18-4-8-33(39(29)46)41(36)54-42-34-9-5-19-47-17-3-7-30(40(34)47)25-37(38)42/h10-15,24-26H,2-9,16-23H2,1H3. The number of piperazine rings is 1. The molecule has 2 amide bonds. The molecule has 0 atom stereocenters. The zero-order valence-corrected chi connectivity index (χ0v) is 30.8. The maximum Gasteiger partial charge on any atom is 0.253 e. The third-order valence-electron chi connectivity index (χ3n) is 12.6. The lowest BCUT2D eigenvalue weighted by atomic mass is 9.81. The number of carboxylic acids is 1. The molecule has 10 rings (SSSR count). The third kappa shape index (κ3) is 5.26. The normalized spacial score (nSPS) is 18.3. The average molecular weight is 721 g/mol. The van der Waals surface area contributed by atoms with Gasteiger partial charge in [0.1, 0.15) is 24.6 Å². The van der Waals surface area contributed by atoms with Crippen LogP contribution in [0.3, 0.4) is 0 Å². The van der Waals surface area contributed by atoms with Crippen LogP contribution in [0.5, 0.6) is 11.5 Å². The molecule has 0 aliphatic carbocycles. The molecule has 9 heteroatoms. The van der Waals surface area contributed by atoms with Gasteiger partial charge in [-0.3, -0.25) is 9.59 Å². The molecule has 54 heavy (non-hydrogen) atoms. The summed E-state index contributed by atoms with van der Waals surface area (Å²) in [5.41, 5.74) is 10.7. The summed E-state index contributed by atoms with van der Waals surface area (Å²) < 4.78 is 9.66. The molecule has 0 unspecified atom stereocenters. The summed E-state index contributed by atoms with van der Waals surface area (Å²) in [6.07, 6.45) is 8.05. The molecule has 4 aromatic carbocycles. The fourth-order valence-electron chi connectivity index (χ4n) is 10.0. The molecule has 4 aromatic rings. The van der Waals surface area contributed by atoms with E-state index in [1.165, 1.54) is 39.4 Å². The second-order valence-corrected chi connectivity index (χ2v) is 15.8. The Balaban J connectivity index is 1.08. The van der Waals surface area contributed by atoms with Crippen molar-refractivity contribution in [1.29, 1.82) is 0 Å². The lowest BCUT2D eigenvalue weighted by Gasteiger charge is -2.39. The van der Waals surface area contributed by atoms with Gasteiger partial charge in [0, 0.05) is 102 Å². The van der Waals surface area contributed by atoms with Crippen molar-refractivity contribution in [2.24, 2.45) is 0 Å². The first-order chi connectivity index (χ1) is 26.3. The van der Waals surface area contributed by atoms with Crippen LogP contribution in [0, 0.1) is 6.92 Å². The van der Waals surface area contributed by atoms with E-state index in [1.54, 1.807) is 15.9 Å². The molecule has 0 radical (unpaired) electrons. The predicted molar refractivity (Wildman–Crippen MR) is 204 cm³/mol. The first-order valence-electron chi connectivity index (χ1n) is 19.8. The minimum Gasteiger partial charge on any atom is -0.545 e. The Morgan fingerprint density at radius 2 is 1.31 bits per heavy atom. The molecule has 6 heterocycles. The number of aryl methyl sites for hydroxylation is 3. The first kappa shape index (κ1) is 33.2. The van der Waals surface area contributed by atoms with Crippen LogP contribution in [0.25, 0.3) is 5.57 Å². The van der Waals surface area contributed by atoms with Crippen molar-refractivity contribution in [2.75, 3.05) is 57.3 Å². The van der Waals surface area contributed by atoms with E-state index in [1.807, 2.05) is 37.3 Å². The number of fused-ring (bicyclic) bond motifs is 4. The highest BCUT2D eigenvalue weighted by molar-refractivity contribution is 6.02. The molecule has 0 spiro atoms. The van der Waals surface area contributed by atoms with E-state index in [0.717, 1.165) is 111 Å². The highest BCUT2D eigenvalue weighted by Crippen LogP contribution is 2.48. The van der Waals surface area contributed by atoms with Gasteiger partial charge in [-0.05, 0) is 93.0 Å². The maximum atomic E-state index is 14.0. The van der Waals surface area contributed by atoms with Crippen molar-refractivity contribution in [3.63, 3.8) is 0 Å². The fourth-order valence-corrected chi connectivity index (χ4v) is 10.0. The van der Waals surface area contributed by atoms with Gasteiger partial charge in [-0.1, -0.05) is 23.8 Å². The van der Waals surface area contributed by atoms with Gasteiger partial charge in [0.15, 0.2) is 0 Å². The van der Waals surface area contributed by atoms with Gasteiger partial charge in [-0.25, -0.2) is 4.58 Å². The summed E-state index contributed by atoms with van der Waals surface area (Å²) in [5.74, 6) is 0.0996. The molecule has 6 aliphatic rings. The Morgan fingerprint density at radius 1 is 0.667 bits per heavy atom. The van der Waals surface area contributed by atoms with Crippen LogP contribution in [0.1, 0.15) is 95.7 Å². The first-order valence-corrected chi connectivity index (χ1v) is 19.8. The van der Waals surface area contributed by atoms with E-state index in [9.17, 15) is 19.5 Å². The molecular formula is C45H44N4O5. The van der Waals surface area contributed by atoms with E-state index in [2.05, 4.69) is 21.6 Å². The third-order valence-corrected chi connectivity index (χ3v) is 12.6. The largest absolute Gasteiger partial charge is 0.545 e. The number of carboxylic acid groups (broad SMARTS) is 1. The summed E-state index contributed by atoms with van der Waals surface area (Å²) in [7, 11) is 0. The zero-order valence-electron chi connectivity index (χ0n) is 30.8. The number of carbonyl (C=O) groups is 3. The number of carbonyl (C=O) groups excluding carboxylic acids is 3. The molecule has 1 fully saturated rings. The predicted octanol–water partition coefficient (Wildman–Crippen LogP) is 3.39. The average Bonchev–Trinajstić information content (AvgIpc) is 3.20. The monoisotopic (exact) mass is 720 g/mol. The molecule has 0 saturated carbocycles. The summed E-state index contributed by atoms with van der Waals surface area (Å²) in [5, 5.41) is 15.4. The molecule has 0 bridgehead atoms. The Kier molecular flexibility index (Phi) is 7.89. The lowest BCUT2D eigenvalue weighted by molar-refractivity contribution is -0.255. The van der Waals surface area contributed by atoms with Gasteiger partial charge in [-0.15, -0.1) is 0 Å². The van der Waals surface area contributed by atoms with Gasteiger partial charge in [0.25, 0.3) is 11.8 Å². The minimum atomic E-state index is -1.31. The van der Waals surface area contributed by atoms with Crippen LogP contribution in [0.4, 0.5) is 5.69 Å². The van der Waals surface area contributed by atoms with Crippen molar-refractivity contribution in [1.82, 2.24) is 14.4 Å². The van der Waals surface area contributed by atoms with E-state index < -0.39 is 5.97 Å². The molecule has 9 nitrogen and oxygen atoms in total. The van der Waals surface area contributed by atoms with E-state index in [0.29, 0.717) is 42.9 Å². The number of hydrogen-bond acceptors (Lipinski definition) is 6. The molecular weight excluding hydrogens is 677 g/mol. The lowest BCUT2D eigenvalue weighted by Crippen LogP contribution is -2.50. The van der Waals surface area contributed by atoms with Crippen molar-refractivity contribution in [3.8, 4) is 11.5 Å². The Hall–Kier alpha value is -5.44. The molecule has 1 saturated heterocycles. The Bertz CT molecular complexity index is 2420. The van der Waals surface area contributed by atoms with Crippen molar-refractivity contribution in [2.45, 2.75) is 58.3 Å². The number of hydrogen-bond donors (Lipinski definition) is 0. The number of benzene rings is 4. The number of nitrogens with zero attached hydrogens (tertiary/aromatic N) is 4. The molecule has 274 valence electrons. The van der Waals surface area contributed by atoms with Crippen LogP contribution in [-0.2, 0) is 25.7 Å². The number of ether oxygens (including phenoxy) is 1. The SMILES string of the molecule is Cc1ccc(C(=O)N2CCN(C(=O)c3ccc(C4=c5cc6c7c(c5Oc5c4cc4c8c5CCCN8CCC4)CCC[N+]=7CCC6)c(C(=O)[O-])c3)CC2)cc1. The van der Waals surface area contributed by atoms with Crippen molar-refractivity contribution < 1.29 is 24.2 Å². The van der Waals surface area contributed by atoms with E-state index in [4.69, 9.17) is 4.74 Å². The van der Waals surface area contributed by atoms with Gasteiger partial charge >= 0.3 is 0 Å². The quantitative estimate of drug-likeness (QED) is 0.265. The van der Waals surface area contributed by atoms with Gasteiger partial charge in [-0.2, -0.15) is 0 Å². The zero-order chi connectivity index (χ0) is 36.7. The molecule has 0 N–H and O–H groups in total. The summed E-state index contributed by atoms with van der Waals surface area (Å²) in [6, 6.07) is 17.1. The van der Waals surface area contributed by atoms with Crippen LogP contribution in [0.15, 0.2) is 54.6 Å². The van der Waals surface area contributed by atoms with Crippen molar-refractivity contribution >= 4 is 29.0 Å². The summed E-state index contributed by atoms with van der Waals surface area (Å²) >= 11 is 0. The van der Waals surface area contributed by atoms with Crippen LogP contribution >= 0.6 is 0 Å². The topological polar surface area (TPSA) is 96.2 Å². The Labute approximate surface area is 314 Å². The van der Waals surface area contributed by atoms with Gasteiger partial charge in [0.2, 0.25) is 5.36 Å². The van der Waals surface area contributed by atoms with Gasteiger partial charge in [0.05, 0.1) is 11.5 Å². The second kappa shape index (κ2) is 12.9. The number of amides is 2. The molecule has 0 aromatic heterocycles.